The summed E-state index contributed by atoms with van der Waals surface area (Å²) in [4.78, 5) is 0. The fraction of sp³-hybridized carbons (Fsp3) is 0.246. The van der Waals surface area contributed by atoms with Crippen LogP contribution in [0.2, 0.25) is 0 Å². The molecular formula is C69H63BrN2. The lowest BCUT2D eigenvalue weighted by Crippen LogP contribution is -2.34. The Morgan fingerprint density at radius 2 is 0.806 bits per heavy atom. The van der Waals surface area contributed by atoms with Crippen LogP contribution in [0.5, 0.6) is 0 Å². The molecule has 2 nitrogen and oxygen atoms in total. The maximum atomic E-state index is 4.70. The highest BCUT2D eigenvalue weighted by Gasteiger charge is 2.52. The molecule has 0 atom stereocenters. The predicted octanol–water partition coefficient (Wildman–Crippen LogP) is 19.3. The van der Waals surface area contributed by atoms with Crippen molar-refractivity contribution in [3.8, 4) is 33.6 Å². The lowest BCUT2D eigenvalue weighted by molar-refractivity contribution is 0.588. The molecule has 2 aliphatic rings. The van der Waals surface area contributed by atoms with E-state index in [1.165, 1.54) is 127 Å². The highest BCUT2D eigenvalue weighted by Crippen LogP contribution is 2.64. The summed E-state index contributed by atoms with van der Waals surface area (Å²) in [6.07, 6.45) is 0. The molecule has 9 aromatic carbocycles. The zero-order valence-electron chi connectivity index (χ0n) is 43.9. The van der Waals surface area contributed by atoms with Gasteiger partial charge in [-0.1, -0.05) is 192 Å². The van der Waals surface area contributed by atoms with E-state index < -0.39 is 5.41 Å². The highest BCUT2D eigenvalue weighted by molar-refractivity contribution is 9.10. The van der Waals surface area contributed by atoms with Crippen molar-refractivity contribution in [2.75, 3.05) is 0 Å². The Morgan fingerprint density at radius 1 is 0.347 bits per heavy atom. The predicted molar refractivity (Wildman–Crippen MR) is 311 cm³/mol. The number of halogens is 1. The van der Waals surface area contributed by atoms with Crippen molar-refractivity contribution in [2.24, 2.45) is 0 Å². The van der Waals surface area contributed by atoms with E-state index in [0.717, 1.165) is 10.2 Å². The lowest BCUT2D eigenvalue weighted by Gasteiger charge is -2.41. The number of fused-ring (bicyclic) bond motifs is 16. The van der Waals surface area contributed by atoms with Crippen LogP contribution in [0.25, 0.3) is 88.0 Å². The number of hydrogen-bond donors (Lipinski definition) is 0. The van der Waals surface area contributed by atoms with Crippen molar-refractivity contribution in [1.82, 2.24) is 9.13 Å². The van der Waals surface area contributed by atoms with E-state index >= 15 is 0 Å². The number of benzene rings is 9. The van der Waals surface area contributed by atoms with Crippen molar-refractivity contribution in [3.05, 3.63) is 213 Å². The molecule has 72 heavy (non-hydrogen) atoms. The van der Waals surface area contributed by atoms with Crippen LogP contribution in [0.3, 0.4) is 0 Å². The van der Waals surface area contributed by atoms with E-state index in [1.807, 2.05) is 0 Å². The molecule has 0 N–H and O–H groups in total. The first kappa shape index (κ1) is 45.2. The van der Waals surface area contributed by atoms with Gasteiger partial charge in [-0.3, -0.25) is 0 Å². The molecule has 0 radical (unpaired) electrons. The molecule has 0 amide bonds. The molecule has 11 aromatic rings. The van der Waals surface area contributed by atoms with Crippen LogP contribution in [-0.2, 0) is 27.1 Å². The van der Waals surface area contributed by atoms with Crippen molar-refractivity contribution in [2.45, 2.75) is 110 Å². The second-order valence-corrected chi connectivity index (χ2v) is 26.0. The third-order valence-electron chi connectivity index (χ3n) is 16.6. The first-order valence-corrected chi connectivity index (χ1v) is 26.7. The van der Waals surface area contributed by atoms with Gasteiger partial charge in [0.2, 0.25) is 0 Å². The van der Waals surface area contributed by atoms with E-state index in [4.69, 9.17) is 15.9 Å². The molecule has 1 aliphatic carbocycles. The summed E-state index contributed by atoms with van der Waals surface area (Å²) >= 11 is 4.70. The Morgan fingerprint density at radius 3 is 1.33 bits per heavy atom. The lowest BCUT2D eigenvalue weighted by atomic mass is 9.64. The van der Waals surface area contributed by atoms with Crippen LogP contribution in [0, 0.1) is 0 Å². The maximum Gasteiger partial charge on any atom is 0.0755 e. The SMILES string of the molecule is CC(C)(C)c1ccc2c(c1)c1cc(C(C)(C)C)ccc1n2-c1c(-c2ccc3ccccc3c2)cc2c(c1Br)-n1c3ccc(C(C)(C)C)cc3c3cc(C(C)(C)C)cc(c31)C21c2ccccc2-c2ccccc21. The largest absolute Gasteiger partial charge is 0.307 e. The molecule has 0 saturated heterocycles. The summed E-state index contributed by atoms with van der Waals surface area (Å²) in [7, 11) is 0. The first-order valence-electron chi connectivity index (χ1n) is 25.9. The Bertz CT molecular complexity index is 4020. The van der Waals surface area contributed by atoms with E-state index in [0.29, 0.717) is 0 Å². The van der Waals surface area contributed by atoms with Gasteiger partial charge in [0, 0.05) is 27.1 Å². The molecule has 1 spiro atoms. The standard InChI is InChI=1S/C69H63BrN2/c1-65(2,3)43-27-30-58-50(34-43)51-35-44(66(4,5)6)28-31-59(51)71(58)63-49(42-26-25-40-19-13-14-20-41(40)33-42)39-57-64(61(63)70)72-60-32-29-45(67(7,8)9)36-52(60)53-37-46(68(10,11)12)38-56(62(53)72)69(57)54-23-17-15-21-47(54)48-22-16-18-24-55(48)69/h13-39H,1-12H3. The van der Waals surface area contributed by atoms with Gasteiger partial charge in [0.25, 0.3) is 0 Å². The summed E-state index contributed by atoms with van der Waals surface area (Å²) in [6, 6.07) is 64.0. The Balaban J connectivity index is 1.29. The van der Waals surface area contributed by atoms with Gasteiger partial charge < -0.3 is 9.13 Å². The molecule has 1 aliphatic heterocycles. The summed E-state index contributed by atoms with van der Waals surface area (Å²) < 4.78 is 6.33. The highest BCUT2D eigenvalue weighted by atomic mass is 79.9. The Labute approximate surface area is 433 Å². The normalized spacial score (nSPS) is 14.3. The Hall–Kier alpha value is -6.68. The van der Waals surface area contributed by atoms with Crippen LogP contribution in [0.15, 0.2) is 168 Å². The fourth-order valence-corrected chi connectivity index (χ4v) is 13.4. The average Bonchev–Trinajstić information content (AvgIpc) is 3.95. The summed E-state index contributed by atoms with van der Waals surface area (Å²) in [5, 5.41) is 7.60. The topological polar surface area (TPSA) is 9.86 Å². The summed E-state index contributed by atoms with van der Waals surface area (Å²) in [5.41, 5.74) is 21.9. The van der Waals surface area contributed by atoms with Crippen molar-refractivity contribution < 1.29 is 0 Å². The Kier molecular flexibility index (Phi) is 9.39. The number of rotatable bonds is 2. The van der Waals surface area contributed by atoms with Gasteiger partial charge in [-0.15, -0.1) is 0 Å². The van der Waals surface area contributed by atoms with E-state index in [9.17, 15) is 0 Å². The molecule has 0 fully saturated rings. The molecular weight excluding hydrogens is 937 g/mol. The van der Waals surface area contributed by atoms with Crippen LogP contribution >= 0.6 is 15.9 Å². The number of hydrogen-bond acceptors (Lipinski definition) is 0. The van der Waals surface area contributed by atoms with Crippen LogP contribution < -0.4 is 0 Å². The van der Waals surface area contributed by atoms with Gasteiger partial charge in [0.1, 0.15) is 0 Å². The summed E-state index contributed by atoms with van der Waals surface area (Å²) in [5.74, 6) is 0. The quantitative estimate of drug-likeness (QED) is 0.163. The third kappa shape index (κ3) is 6.25. The van der Waals surface area contributed by atoms with E-state index in [1.54, 1.807) is 0 Å². The number of aromatic nitrogens is 2. The summed E-state index contributed by atoms with van der Waals surface area (Å²) in [6.45, 7) is 28.1. The van der Waals surface area contributed by atoms with Crippen molar-refractivity contribution >= 4 is 70.3 Å². The van der Waals surface area contributed by atoms with Gasteiger partial charge in [-0.2, -0.15) is 0 Å². The molecule has 0 unspecified atom stereocenters. The van der Waals surface area contributed by atoms with Crippen LogP contribution in [0.1, 0.15) is 128 Å². The zero-order chi connectivity index (χ0) is 50.2. The van der Waals surface area contributed by atoms with Gasteiger partial charge >= 0.3 is 0 Å². The minimum absolute atomic E-state index is 0.0248. The monoisotopic (exact) mass is 998 g/mol. The van der Waals surface area contributed by atoms with Gasteiger partial charge in [-0.25, -0.2) is 0 Å². The second kappa shape index (κ2) is 15.0. The minimum Gasteiger partial charge on any atom is -0.307 e. The third-order valence-corrected chi connectivity index (χ3v) is 17.3. The average molecular weight is 1000 g/mol. The smallest absolute Gasteiger partial charge is 0.0755 e. The molecule has 0 saturated carbocycles. The van der Waals surface area contributed by atoms with Crippen molar-refractivity contribution in [3.63, 3.8) is 0 Å². The number of nitrogens with zero attached hydrogens (tertiary/aromatic N) is 2. The van der Waals surface area contributed by atoms with Gasteiger partial charge in [0.15, 0.2) is 0 Å². The zero-order valence-corrected chi connectivity index (χ0v) is 45.4. The second-order valence-electron chi connectivity index (χ2n) is 25.2. The maximum absolute atomic E-state index is 4.70. The molecule has 0 bridgehead atoms. The van der Waals surface area contributed by atoms with Crippen molar-refractivity contribution in [1.29, 1.82) is 0 Å². The van der Waals surface area contributed by atoms with Gasteiger partial charge in [0.05, 0.1) is 43.3 Å². The minimum atomic E-state index is -0.657. The molecule has 13 rings (SSSR count). The van der Waals surface area contributed by atoms with Gasteiger partial charge in [-0.05, 0) is 164 Å². The molecule has 356 valence electrons. The van der Waals surface area contributed by atoms with Crippen LogP contribution in [-0.4, -0.2) is 9.13 Å². The van der Waals surface area contributed by atoms with E-state index in [2.05, 4.69) is 256 Å². The van der Waals surface area contributed by atoms with Crippen LogP contribution in [0.4, 0.5) is 0 Å². The first-order chi connectivity index (χ1) is 34.2. The molecule has 2 aromatic heterocycles. The van der Waals surface area contributed by atoms with E-state index in [-0.39, 0.29) is 21.7 Å². The molecule has 3 heteroatoms. The molecule has 3 heterocycles. The fourth-order valence-electron chi connectivity index (χ4n) is 12.7.